The van der Waals surface area contributed by atoms with Gasteiger partial charge in [-0.1, -0.05) is 29.3 Å². The van der Waals surface area contributed by atoms with Crippen molar-refractivity contribution in [1.29, 1.82) is 0 Å². The minimum absolute atomic E-state index is 0.0183. The quantitative estimate of drug-likeness (QED) is 0.898. The van der Waals surface area contributed by atoms with Gasteiger partial charge in [-0.25, -0.2) is 13.1 Å². The molecule has 4 nitrogen and oxygen atoms in total. The van der Waals surface area contributed by atoms with Crippen LogP contribution in [0.3, 0.4) is 0 Å². The van der Waals surface area contributed by atoms with Crippen molar-refractivity contribution >= 4 is 33.2 Å². The molecule has 2 rings (SSSR count). The molecule has 1 atom stereocenters. The Hall–Kier alpha value is -0.330. The summed E-state index contributed by atoms with van der Waals surface area (Å²) in [7, 11) is -3.66. The first kappa shape index (κ1) is 14.1. The third kappa shape index (κ3) is 2.81. The topological polar surface area (TPSA) is 58.2 Å². The maximum atomic E-state index is 12.3. The monoisotopic (exact) mass is 308 g/mol. The van der Waals surface area contributed by atoms with Gasteiger partial charge in [-0.05, 0) is 32.0 Å². The molecule has 1 aromatic rings. The average Bonchev–Trinajstić information content (AvgIpc) is 2.67. The molecule has 0 spiro atoms. The Morgan fingerprint density at radius 1 is 1.39 bits per heavy atom. The van der Waals surface area contributed by atoms with E-state index in [2.05, 4.69) is 10.0 Å². The van der Waals surface area contributed by atoms with Gasteiger partial charge in [0.2, 0.25) is 10.0 Å². The molecule has 2 N–H and O–H groups in total. The number of hydrogen-bond donors (Lipinski definition) is 2. The first-order valence-corrected chi connectivity index (χ1v) is 7.77. The second kappa shape index (κ2) is 4.98. The van der Waals surface area contributed by atoms with Crippen molar-refractivity contribution in [3.63, 3.8) is 0 Å². The highest BCUT2D eigenvalue weighted by Crippen LogP contribution is 2.30. The molecular formula is C11H14Cl2N2O2S. The van der Waals surface area contributed by atoms with Gasteiger partial charge < -0.3 is 5.32 Å². The molecule has 18 heavy (non-hydrogen) atoms. The van der Waals surface area contributed by atoms with Crippen LogP contribution in [0.25, 0.3) is 0 Å². The molecule has 100 valence electrons. The van der Waals surface area contributed by atoms with Crippen molar-refractivity contribution in [2.45, 2.75) is 23.8 Å². The number of rotatable bonds is 3. The number of sulfonamides is 1. The third-order valence-corrected chi connectivity index (χ3v) is 5.57. The second-order valence-electron chi connectivity index (χ2n) is 4.64. The fourth-order valence-electron chi connectivity index (χ4n) is 1.97. The van der Waals surface area contributed by atoms with E-state index in [1.54, 1.807) is 12.1 Å². The van der Waals surface area contributed by atoms with Gasteiger partial charge in [0.05, 0.1) is 10.0 Å². The zero-order valence-corrected chi connectivity index (χ0v) is 12.2. The van der Waals surface area contributed by atoms with E-state index in [9.17, 15) is 8.42 Å². The Kier molecular flexibility index (Phi) is 3.90. The molecule has 1 fully saturated rings. The van der Waals surface area contributed by atoms with Crippen LogP contribution in [0.4, 0.5) is 0 Å². The van der Waals surface area contributed by atoms with Crippen LogP contribution in [0.15, 0.2) is 23.1 Å². The lowest BCUT2D eigenvalue weighted by Gasteiger charge is -2.24. The zero-order valence-electron chi connectivity index (χ0n) is 9.83. The van der Waals surface area contributed by atoms with Crippen molar-refractivity contribution < 1.29 is 8.42 Å². The van der Waals surface area contributed by atoms with Crippen LogP contribution in [0.2, 0.25) is 10.0 Å². The van der Waals surface area contributed by atoms with E-state index < -0.39 is 15.6 Å². The predicted molar refractivity (Wildman–Crippen MR) is 72.7 cm³/mol. The van der Waals surface area contributed by atoms with Gasteiger partial charge in [-0.2, -0.15) is 0 Å². The number of hydrogen-bond acceptors (Lipinski definition) is 3. The minimum atomic E-state index is -3.66. The summed E-state index contributed by atoms with van der Waals surface area (Å²) >= 11 is 11.8. The minimum Gasteiger partial charge on any atom is -0.315 e. The van der Waals surface area contributed by atoms with Crippen LogP contribution < -0.4 is 10.0 Å². The van der Waals surface area contributed by atoms with E-state index in [-0.39, 0.29) is 14.9 Å². The summed E-state index contributed by atoms with van der Waals surface area (Å²) in [5.41, 5.74) is -0.482. The first-order valence-electron chi connectivity index (χ1n) is 5.53. The van der Waals surface area contributed by atoms with Crippen molar-refractivity contribution in [2.75, 3.05) is 13.1 Å². The Balaban J connectivity index is 2.34. The standard InChI is InChI=1S/C11H14Cl2N2O2S/c1-11(5-6-14-7-11)15-18(16,17)9-4-2-3-8(12)10(9)13/h2-4,14-15H,5-7H2,1H3. The van der Waals surface area contributed by atoms with E-state index in [0.717, 1.165) is 13.0 Å². The summed E-state index contributed by atoms with van der Waals surface area (Å²) in [4.78, 5) is 0.0183. The Labute approximate surface area is 117 Å². The Morgan fingerprint density at radius 2 is 2.11 bits per heavy atom. The summed E-state index contributed by atoms with van der Waals surface area (Å²) in [5.74, 6) is 0. The molecule has 1 unspecified atom stereocenters. The van der Waals surface area contributed by atoms with E-state index >= 15 is 0 Å². The van der Waals surface area contributed by atoms with Gasteiger partial charge in [0.25, 0.3) is 0 Å². The van der Waals surface area contributed by atoms with Crippen molar-refractivity contribution in [3.8, 4) is 0 Å². The molecule has 0 saturated carbocycles. The molecule has 0 radical (unpaired) electrons. The van der Waals surface area contributed by atoms with Gasteiger partial charge in [0.15, 0.2) is 0 Å². The highest BCUT2D eigenvalue weighted by atomic mass is 35.5. The molecule has 0 bridgehead atoms. The number of nitrogens with one attached hydrogen (secondary N) is 2. The summed E-state index contributed by atoms with van der Waals surface area (Å²) in [5, 5.41) is 3.41. The van der Waals surface area contributed by atoms with Crippen LogP contribution >= 0.6 is 23.2 Å². The predicted octanol–water partition coefficient (Wildman–Crippen LogP) is 2.02. The highest BCUT2D eigenvalue weighted by molar-refractivity contribution is 7.89. The lowest BCUT2D eigenvalue weighted by Crippen LogP contribution is -2.47. The maximum absolute atomic E-state index is 12.3. The Morgan fingerprint density at radius 3 is 2.72 bits per heavy atom. The van der Waals surface area contributed by atoms with Gasteiger partial charge >= 0.3 is 0 Å². The van der Waals surface area contributed by atoms with Gasteiger partial charge in [-0.15, -0.1) is 0 Å². The summed E-state index contributed by atoms with van der Waals surface area (Å²) in [6.07, 6.45) is 0.740. The summed E-state index contributed by atoms with van der Waals surface area (Å²) in [6, 6.07) is 4.57. The molecule has 1 aliphatic heterocycles. The molecule has 1 heterocycles. The van der Waals surface area contributed by atoms with Crippen LogP contribution in [0.5, 0.6) is 0 Å². The molecule has 1 aromatic carbocycles. The molecule has 7 heteroatoms. The normalized spacial score (nSPS) is 24.4. The molecule has 0 amide bonds. The van der Waals surface area contributed by atoms with Gasteiger partial charge in [0.1, 0.15) is 4.90 Å². The molecule has 1 saturated heterocycles. The molecule has 1 aliphatic rings. The molecular weight excluding hydrogens is 295 g/mol. The van der Waals surface area contributed by atoms with Gasteiger partial charge in [0, 0.05) is 12.1 Å². The van der Waals surface area contributed by atoms with Crippen molar-refractivity contribution in [2.24, 2.45) is 0 Å². The number of halogens is 2. The fraction of sp³-hybridized carbons (Fsp3) is 0.455. The van der Waals surface area contributed by atoms with Gasteiger partial charge in [-0.3, -0.25) is 0 Å². The largest absolute Gasteiger partial charge is 0.315 e. The van der Waals surface area contributed by atoms with E-state index in [1.165, 1.54) is 6.07 Å². The summed E-state index contributed by atoms with van der Waals surface area (Å²) in [6.45, 7) is 3.26. The third-order valence-electron chi connectivity index (χ3n) is 2.96. The highest BCUT2D eigenvalue weighted by Gasteiger charge is 2.34. The smallest absolute Gasteiger partial charge is 0.242 e. The Bertz CT molecular complexity index is 554. The maximum Gasteiger partial charge on any atom is 0.242 e. The van der Waals surface area contributed by atoms with Crippen LogP contribution in [-0.4, -0.2) is 27.0 Å². The van der Waals surface area contributed by atoms with Crippen LogP contribution in [0.1, 0.15) is 13.3 Å². The molecule has 0 aliphatic carbocycles. The lowest BCUT2D eigenvalue weighted by atomic mass is 10.0. The molecule has 0 aromatic heterocycles. The van der Waals surface area contributed by atoms with Crippen LogP contribution in [0, 0.1) is 0 Å². The van der Waals surface area contributed by atoms with E-state index in [0.29, 0.717) is 6.54 Å². The fourth-order valence-corrected chi connectivity index (χ4v) is 4.17. The van der Waals surface area contributed by atoms with Crippen molar-refractivity contribution in [1.82, 2.24) is 10.0 Å². The van der Waals surface area contributed by atoms with E-state index in [4.69, 9.17) is 23.2 Å². The zero-order chi connectivity index (χ0) is 13.4. The lowest BCUT2D eigenvalue weighted by molar-refractivity contribution is 0.452. The summed E-state index contributed by atoms with van der Waals surface area (Å²) < 4.78 is 27.3. The number of benzene rings is 1. The van der Waals surface area contributed by atoms with Crippen molar-refractivity contribution in [3.05, 3.63) is 28.2 Å². The van der Waals surface area contributed by atoms with E-state index in [1.807, 2.05) is 6.92 Å². The second-order valence-corrected chi connectivity index (χ2v) is 7.08. The first-order chi connectivity index (χ1) is 8.34. The average molecular weight is 309 g/mol. The van der Waals surface area contributed by atoms with Crippen LogP contribution in [-0.2, 0) is 10.0 Å². The SMILES string of the molecule is CC1(NS(=O)(=O)c2cccc(Cl)c2Cl)CCNC1.